The van der Waals surface area contributed by atoms with Gasteiger partial charge in [0.15, 0.2) is 0 Å². The van der Waals surface area contributed by atoms with E-state index in [4.69, 9.17) is 9.52 Å². The lowest BCUT2D eigenvalue weighted by Crippen LogP contribution is -2.36. The summed E-state index contributed by atoms with van der Waals surface area (Å²) in [6.07, 6.45) is -2.58. The molecule has 1 aromatic carbocycles. The highest BCUT2D eigenvalue weighted by molar-refractivity contribution is 8.22. The molecule has 2 aliphatic heterocycles. The maximum atomic E-state index is 13.7. The van der Waals surface area contributed by atoms with E-state index in [9.17, 15) is 69.9 Å². The van der Waals surface area contributed by atoms with Gasteiger partial charge in [0.1, 0.15) is 35.0 Å². The lowest BCUT2D eigenvalue weighted by molar-refractivity contribution is -0.140. The first-order valence-electron chi connectivity index (χ1n) is 15.4. The molecule has 25 heteroatoms. The van der Waals surface area contributed by atoms with Gasteiger partial charge in [-0.05, 0) is 55.5 Å². The van der Waals surface area contributed by atoms with Crippen LogP contribution in [0.1, 0.15) is 18.9 Å². The molecule has 5 rings (SSSR count). The van der Waals surface area contributed by atoms with Crippen LogP contribution in [0.15, 0.2) is 44.1 Å². The van der Waals surface area contributed by atoms with Gasteiger partial charge in [0.2, 0.25) is 11.0 Å². The number of amides is 2. The summed E-state index contributed by atoms with van der Waals surface area (Å²) in [6, 6.07) is 2.87. The first-order chi connectivity index (χ1) is 25.6. The highest BCUT2D eigenvalue weighted by Crippen LogP contribution is 2.44. The van der Waals surface area contributed by atoms with Gasteiger partial charge < -0.3 is 29.5 Å². The summed E-state index contributed by atoms with van der Waals surface area (Å²) < 4.78 is 79.0. The Kier molecular flexibility index (Phi) is 11.2. The molecule has 19 nitrogen and oxygen atoms in total. The number of benzene rings is 1. The molecule has 0 aliphatic carbocycles. The summed E-state index contributed by atoms with van der Waals surface area (Å²) in [5.74, 6) is -6.63. The van der Waals surface area contributed by atoms with Crippen LogP contribution in [0, 0.1) is 10.1 Å². The fourth-order valence-corrected chi connectivity index (χ4v) is 8.00. The molecule has 0 radical (unpaired) electrons. The Morgan fingerprint density at radius 1 is 0.873 bits per heavy atom. The van der Waals surface area contributed by atoms with Crippen molar-refractivity contribution in [1.82, 2.24) is 14.0 Å². The van der Waals surface area contributed by atoms with E-state index in [1.165, 1.54) is 21.9 Å². The van der Waals surface area contributed by atoms with Crippen LogP contribution in [-0.2, 0) is 48.6 Å². The third-order valence-corrected chi connectivity index (χ3v) is 10.7. The van der Waals surface area contributed by atoms with Gasteiger partial charge in [-0.1, -0.05) is 0 Å². The summed E-state index contributed by atoms with van der Waals surface area (Å²) in [6.45, 7) is -1.75. The number of carboxylic acid groups (broad SMARTS) is 3. The number of rotatable bonds is 12. The summed E-state index contributed by atoms with van der Waals surface area (Å²) in [7, 11) is -4.46. The summed E-state index contributed by atoms with van der Waals surface area (Å²) >= 11 is 0.611. The number of hydrogen-bond acceptors (Lipinski definition) is 14. The van der Waals surface area contributed by atoms with E-state index >= 15 is 0 Å². The molecule has 1 saturated heterocycles. The zero-order chi connectivity index (χ0) is 40.7. The Morgan fingerprint density at radius 2 is 1.51 bits per heavy atom. The van der Waals surface area contributed by atoms with Crippen LogP contribution in [-0.4, -0.2) is 96.8 Å². The molecule has 4 heterocycles. The molecule has 0 atom stereocenters. The van der Waals surface area contributed by atoms with Gasteiger partial charge in [-0.3, -0.25) is 52.1 Å². The highest BCUT2D eigenvalue weighted by atomic mass is 32.2. The van der Waals surface area contributed by atoms with Gasteiger partial charge in [-0.2, -0.15) is 21.6 Å². The lowest BCUT2D eigenvalue weighted by atomic mass is 10.1. The van der Waals surface area contributed by atoms with E-state index in [0.717, 1.165) is 18.2 Å². The number of thiazole rings is 1. The number of halogens is 3. The molecule has 0 spiro atoms. The number of carboxylic acids is 3. The molecule has 2 amide bonds. The topological polar surface area (TPSA) is 267 Å². The molecule has 0 bridgehead atoms. The largest absolute Gasteiger partial charge is 0.480 e. The van der Waals surface area contributed by atoms with E-state index in [1.807, 2.05) is 0 Å². The van der Waals surface area contributed by atoms with Gasteiger partial charge in [-0.25, -0.2) is 0 Å². The van der Waals surface area contributed by atoms with Gasteiger partial charge in [0.05, 0.1) is 27.2 Å². The molecular formula is C30H26F3N5O14S3. The number of imide groups is 1. The van der Waals surface area contributed by atoms with Gasteiger partial charge >= 0.3 is 24.1 Å². The number of fused-ring (bicyclic) bond motifs is 1. The van der Waals surface area contributed by atoms with Crippen LogP contribution in [0.5, 0.6) is 0 Å². The Bertz CT molecular complexity index is 2640. The van der Waals surface area contributed by atoms with Crippen molar-refractivity contribution in [2.75, 3.05) is 35.2 Å². The molecule has 0 unspecified atom stereocenters. The minimum atomic E-state index is -4.75. The van der Waals surface area contributed by atoms with E-state index in [2.05, 4.69) is 0 Å². The molecule has 2 aliphatic rings. The first kappa shape index (κ1) is 40.5. The Labute approximate surface area is 312 Å². The zero-order valence-electron chi connectivity index (χ0n) is 27.8. The predicted molar refractivity (Wildman–Crippen MR) is 185 cm³/mol. The second-order valence-corrected chi connectivity index (χ2v) is 15.1. The van der Waals surface area contributed by atoms with Crippen molar-refractivity contribution in [2.45, 2.75) is 32.6 Å². The van der Waals surface area contributed by atoms with Crippen LogP contribution in [0.4, 0.5) is 29.3 Å². The average molecular weight is 834 g/mol. The van der Waals surface area contributed by atoms with Crippen LogP contribution in [0.3, 0.4) is 0 Å². The molecule has 1 fully saturated rings. The molecule has 4 N–H and O–H groups in total. The number of oxazole rings is 1. The van der Waals surface area contributed by atoms with E-state index in [-0.39, 0.29) is 53.0 Å². The summed E-state index contributed by atoms with van der Waals surface area (Å²) in [5.41, 5.74) is -4.66. The third-order valence-electron chi connectivity index (χ3n) is 7.83. The molecule has 55 heavy (non-hydrogen) atoms. The fourth-order valence-electron chi connectivity index (χ4n) is 5.61. The second-order valence-electron chi connectivity index (χ2n) is 11.5. The van der Waals surface area contributed by atoms with Gasteiger partial charge in [0.25, 0.3) is 32.4 Å². The number of carbonyl (C=O) groups is 5. The normalized spacial score (nSPS) is 17.5. The number of thioether (sulfide) groups is 1. The van der Waals surface area contributed by atoms with Crippen molar-refractivity contribution in [3.8, 4) is 0 Å². The number of allylic oxidation sites excluding steroid dienone is 1. The minimum absolute atomic E-state index is 0.0150. The van der Waals surface area contributed by atoms with Crippen molar-refractivity contribution in [2.24, 2.45) is 0 Å². The summed E-state index contributed by atoms with van der Waals surface area (Å²) in [4.78, 5) is 89.9. The number of hydrogen-bond donors (Lipinski definition) is 4. The average Bonchev–Trinajstić information content (AvgIpc) is 3.74. The summed E-state index contributed by atoms with van der Waals surface area (Å²) in [5, 5.41) is 27.1. The number of anilines is 2. The zero-order valence-corrected chi connectivity index (χ0v) is 30.3. The maximum Gasteiger partial charge on any atom is 0.416 e. The van der Waals surface area contributed by atoms with E-state index < -0.39 is 108 Å². The quantitative estimate of drug-likeness (QED) is 0.178. The minimum Gasteiger partial charge on any atom is -0.480 e. The number of carbonyl (C=O) groups excluding carboxylic acids is 2. The standard InChI is InChI=1S/C30H26F3N5O14S3/c1-2-34-15-5-4-14(30(31,32)33)10-16(15)35(8-3-9-55(49,50)51)18(34)7-6-17-24(45)37(12-20(41)42)28(53-17)22-25(46)36(11-19(39)40)27(52-22)23-26(47)38(13-21(43)44)29(48)54-23/h4-7,10H,2-3,8-9,11-13H2,1H3,(H,39,40)(H,41,42)(H,43,44)(H,49,50,51)/b17-6?,18-7?,27-23+,28-22+. The monoisotopic (exact) mass is 833 g/mol. The van der Waals surface area contributed by atoms with Crippen molar-refractivity contribution >= 4 is 84.6 Å². The van der Waals surface area contributed by atoms with Crippen molar-refractivity contribution < 1.29 is 69.9 Å². The number of aromatic nitrogens is 2. The number of nitrogens with zero attached hydrogens (tertiary/aromatic N) is 5. The third kappa shape index (κ3) is 8.37. The highest BCUT2D eigenvalue weighted by Gasteiger charge is 2.39. The second kappa shape index (κ2) is 15.2. The molecule has 294 valence electrons. The van der Waals surface area contributed by atoms with Crippen LogP contribution < -0.4 is 31.0 Å². The van der Waals surface area contributed by atoms with Crippen LogP contribution >= 0.6 is 23.1 Å². The molecular weight excluding hydrogens is 808 g/mol. The Balaban J connectivity index is 1.78. The van der Waals surface area contributed by atoms with Gasteiger partial charge in [-0.15, -0.1) is 11.3 Å². The SMILES string of the molecule is CCN1C(=CC=c2s/c(=c3/o/c(=C4/SC(=O)N(CC(=O)O)C4=O)n(CC(=O)O)c3=O)n(CC(=O)O)c2=O)N(CCCS(=O)(=O)O)c2cc(C(F)(F)F)ccc21. The molecule has 0 saturated carbocycles. The maximum absolute atomic E-state index is 13.7. The predicted octanol–water partition coefficient (Wildman–Crippen LogP) is 0.274. The first-order valence-corrected chi connectivity index (χ1v) is 18.7. The Hall–Kier alpha value is -5.66. The van der Waals surface area contributed by atoms with Crippen LogP contribution in [0.2, 0.25) is 0 Å². The molecule has 3 aromatic rings. The Morgan fingerprint density at radius 3 is 2.09 bits per heavy atom. The van der Waals surface area contributed by atoms with E-state index in [1.54, 1.807) is 6.92 Å². The smallest absolute Gasteiger partial charge is 0.416 e. The van der Waals surface area contributed by atoms with Crippen molar-refractivity contribution in [1.29, 1.82) is 0 Å². The van der Waals surface area contributed by atoms with Crippen molar-refractivity contribution in [3.63, 3.8) is 0 Å². The fraction of sp³-hybridized carbons (Fsp3) is 0.300. The number of aliphatic carboxylic acids is 3. The van der Waals surface area contributed by atoms with Crippen LogP contribution in [0.25, 0.3) is 11.0 Å². The number of alkyl halides is 3. The van der Waals surface area contributed by atoms with Crippen molar-refractivity contribution in [3.05, 3.63) is 76.5 Å². The molecule has 2 aromatic heterocycles. The van der Waals surface area contributed by atoms with Gasteiger partial charge in [0, 0.05) is 13.1 Å². The lowest BCUT2D eigenvalue weighted by Gasteiger charge is -2.24. The van der Waals surface area contributed by atoms with E-state index in [0.29, 0.717) is 25.4 Å².